The van der Waals surface area contributed by atoms with E-state index < -0.39 is 5.97 Å². The van der Waals surface area contributed by atoms with Crippen LogP contribution in [-0.4, -0.2) is 41.5 Å². The monoisotopic (exact) mass is 279 g/mol. The van der Waals surface area contributed by atoms with Crippen molar-refractivity contribution in [2.75, 3.05) is 30.7 Å². The number of nitrogens with two attached hydrogens (primary N) is 1. The number of amides is 1. The van der Waals surface area contributed by atoms with E-state index in [4.69, 9.17) is 10.8 Å². The minimum atomic E-state index is -1.03. The molecule has 6 nitrogen and oxygen atoms in total. The van der Waals surface area contributed by atoms with Gasteiger partial charge in [-0.25, -0.2) is 4.79 Å². The summed E-state index contributed by atoms with van der Waals surface area (Å²) in [6.07, 6.45) is 0.315. The second-order valence-electron chi connectivity index (χ2n) is 4.35. The first kappa shape index (κ1) is 15.8. The zero-order valence-electron chi connectivity index (χ0n) is 11.8. The molecule has 0 saturated heterocycles. The molecule has 0 fully saturated rings. The Balaban J connectivity index is 2.64. The van der Waals surface area contributed by atoms with Crippen LogP contribution < -0.4 is 11.1 Å². The van der Waals surface area contributed by atoms with E-state index in [-0.39, 0.29) is 11.5 Å². The van der Waals surface area contributed by atoms with Gasteiger partial charge in [0.05, 0.1) is 11.3 Å². The second-order valence-corrected chi connectivity index (χ2v) is 4.35. The van der Waals surface area contributed by atoms with Crippen molar-refractivity contribution in [3.8, 4) is 0 Å². The van der Waals surface area contributed by atoms with Gasteiger partial charge in [-0.15, -0.1) is 0 Å². The van der Waals surface area contributed by atoms with Crippen LogP contribution in [0.2, 0.25) is 0 Å². The molecule has 1 rings (SSSR count). The fraction of sp³-hybridized carbons (Fsp3) is 0.429. The van der Waals surface area contributed by atoms with E-state index in [1.54, 1.807) is 11.0 Å². The van der Waals surface area contributed by atoms with E-state index >= 15 is 0 Å². The van der Waals surface area contributed by atoms with Crippen LogP contribution in [0.3, 0.4) is 0 Å². The largest absolute Gasteiger partial charge is 0.478 e. The summed E-state index contributed by atoms with van der Waals surface area (Å²) in [5.74, 6) is -0.981. The number of carboxylic acid groups (broad SMARTS) is 1. The molecule has 0 spiro atoms. The van der Waals surface area contributed by atoms with Crippen molar-refractivity contribution in [3.05, 3.63) is 23.8 Å². The third-order valence-corrected chi connectivity index (χ3v) is 3.04. The zero-order chi connectivity index (χ0) is 15.1. The van der Waals surface area contributed by atoms with Crippen LogP contribution in [-0.2, 0) is 4.79 Å². The molecule has 0 aliphatic heterocycles. The van der Waals surface area contributed by atoms with Crippen LogP contribution in [0.25, 0.3) is 0 Å². The van der Waals surface area contributed by atoms with E-state index in [0.717, 1.165) is 0 Å². The number of nitrogen functional groups attached to an aromatic ring is 1. The Kier molecular flexibility index (Phi) is 5.83. The van der Waals surface area contributed by atoms with Crippen molar-refractivity contribution >= 4 is 23.3 Å². The van der Waals surface area contributed by atoms with Crippen molar-refractivity contribution in [2.45, 2.75) is 20.3 Å². The molecule has 0 radical (unpaired) electrons. The number of hydrogen-bond donors (Lipinski definition) is 3. The molecule has 0 saturated carbocycles. The number of carbonyl (C=O) groups excluding carboxylic acids is 1. The maximum absolute atomic E-state index is 11.8. The lowest BCUT2D eigenvalue weighted by atomic mass is 10.1. The summed E-state index contributed by atoms with van der Waals surface area (Å²) in [5, 5.41) is 12.0. The summed E-state index contributed by atoms with van der Waals surface area (Å²) in [4.78, 5) is 24.6. The van der Waals surface area contributed by atoms with Crippen LogP contribution >= 0.6 is 0 Å². The van der Waals surface area contributed by atoms with Crippen molar-refractivity contribution in [2.24, 2.45) is 0 Å². The van der Waals surface area contributed by atoms with Crippen molar-refractivity contribution < 1.29 is 14.7 Å². The van der Waals surface area contributed by atoms with Gasteiger partial charge in [-0.05, 0) is 32.0 Å². The number of nitrogens with zero attached hydrogens (tertiary/aromatic N) is 1. The minimum Gasteiger partial charge on any atom is -0.478 e. The molecule has 1 amide bonds. The van der Waals surface area contributed by atoms with Gasteiger partial charge in [0, 0.05) is 31.7 Å². The smallest absolute Gasteiger partial charge is 0.337 e. The first-order chi connectivity index (χ1) is 9.49. The quantitative estimate of drug-likeness (QED) is 0.659. The number of hydrogen-bond acceptors (Lipinski definition) is 4. The highest BCUT2D eigenvalue weighted by atomic mass is 16.4. The van der Waals surface area contributed by atoms with E-state index in [2.05, 4.69) is 5.32 Å². The molecule has 1 aromatic rings. The molecule has 0 aromatic heterocycles. The predicted octanol–water partition coefficient (Wildman–Crippen LogP) is 1.64. The van der Waals surface area contributed by atoms with Crippen LogP contribution in [0.4, 0.5) is 11.4 Å². The third kappa shape index (κ3) is 4.15. The molecule has 0 bridgehead atoms. The normalized spacial score (nSPS) is 10.1. The maximum Gasteiger partial charge on any atom is 0.337 e. The summed E-state index contributed by atoms with van der Waals surface area (Å²) in [6, 6.07) is 4.55. The first-order valence-corrected chi connectivity index (χ1v) is 6.64. The van der Waals surface area contributed by atoms with Gasteiger partial charge in [0.2, 0.25) is 5.91 Å². The van der Waals surface area contributed by atoms with Gasteiger partial charge in [0.25, 0.3) is 0 Å². The average molecular weight is 279 g/mol. The van der Waals surface area contributed by atoms with E-state index in [0.29, 0.717) is 37.4 Å². The van der Waals surface area contributed by atoms with Gasteiger partial charge in [-0.3, -0.25) is 4.79 Å². The average Bonchev–Trinajstić information content (AvgIpc) is 2.39. The molecular weight excluding hydrogens is 258 g/mol. The van der Waals surface area contributed by atoms with Crippen LogP contribution in [0.5, 0.6) is 0 Å². The Labute approximate surface area is 118 Å². The minimum absolute atomic E-state index is 0.0447. The Morgan fingerprint density at radius 3 is 2.50 bits per heavy atom. The summed E-state index contributed by atoms with van der Waals surface area (Å²) < 4.78 is 0. The molecule has 0 unspecified atom stereocenters. The van der Waals surface area contributed by atoms with E-state index in [1.807, 2.05) is 13.8 Å². The van der Waals surface area contributed by atoms with Crippen molar-refractivity contribution in [1.29, 1.82) is 0 Å². The number of carboxylic acids is 1. The zero-order valence-corrected chi connectivity index (χ0v) is 11.8. The number of benzene rings is 1. The lowest BCUT2D eigenvalue weighted by Gasteiger charge is -2.19. The van der Waals surface area contributed by atoms with Gasteiger partial charge in [0.15, 0.2) is 0 Å². The number of anilines is 2. The molecule has 1 aromatic carbocycles. The van der Waals surface area contributed by atoms with Gasteiger partial charge in [-0.2, -0.15) is 0 Å². The van der Waals surface area contributed by atoms with Gasteiger partial charge < -0.3 is 21.1 Å². The molecule has 0 atom stereocenters. The lowest BCUT2D eigenvalue weighted by molar-refractivity contribution is -0.130. The molecule has 4 N–H and O–H groups in total. The summed E-state index contributed by atoms with van der Waals surface area (Å²) in [5.41, 5.74) is 6.70. The second kappa shape index (κ2) is 7.37. The molecule has 0 heterocycles. The Morgan fingerprint density at radius 1 is 1.30 bits per heavy atom. The number of rotatable bonds is 7. The van der Waals surface area contributed by atoms with E-state index in [1.165, 1.54) is 12.1 Å². The molecule has 6 heteroatoms. The maximum atomic E-state index is 11.8. The Hall–Kier alpha value is -2.24. The van der Waals surface area contributed by atoms with E-state index in [9.17, 15) is 9.59 Å². The van der Waals surface area contributed by atoms with Crippen molar-refractivity contribution in [3.63, 3.8) is 0 Å². The molecule has 110 valence electrons. The van der Waals surface area contributed by atoms with Crippen molar-refractivity contribution in [1.82, 2.24) is 4.90 Å². The SMILES string of the molecule is CCN(CC)C(=O)CCNc1cc(N)ccc1C(=O)O. The molecule has 0 aliphatic rings. The van der Waals surface area contributed by atoms with Gasteiger partial charge in [-0.1, -0.05) is 0 Å². The number of aromatic carboxylic acids is 1. The highest BCUT2D eigenvalue weighted by Gasteiger charge is 2.12. The number of carbonyl (C=O) groups is 2. The highest BCUT2D eigenvalue weighted by molar-refractivity contribution is 5.95. The van der Waals surface area contributed by atoms with Crippen LogP contribution in [0.15, 0.2) is 18.2 Å². The first-order valence-electron chi connectivity index (χ1n) is 6.64. The Morgan fingerprint density at radius 2 is 1.95 bits per heavy atom. The molecule has 0 aliphatic carbocycles. The predicted molar refractivity (Wildman–Crippen MR) is 78.8 cm³/mol. The summed E-state index contributed by atoms with van der Waals surface area (Å²) >= 11 is 0. The third-order valence-electron chi connectivity index (χ3n) is 3.04. The van der Waals surface area contributed by atoms with Crippen LogP contribution in [0.1, 0.15) is 30.6 Å². The number of nitrogens with one attached hydrogen (secondary N) is 1. The molecule has 20 heavy (non-hydrogen) atoms. The van der Waals surface area contributed by atoms with Gasteiger partial charge in [0.1, 0.15) is 0 Å². The Bertz CT molecular complexity index is 485. The fourth-order valence-corrected chi connectivity index (χ4v) is 1.93. The van der Waals surface area contributed by atoms with Crippen LogP contribution in [0, 0.1) is 0 Å². The topological polar surface area (TPSA) is 95.7 Å². The highest BCUT2D eigenvalue weighted by Crippen LogP contribution is 2.19. The molecular formula is C14H21N3O3. The summed E-state index contributed by atoms with van der Waals surface area (Å²) in [7, 11) is 0. The van der Waals surface area contributed by atoms with Gasteiger partial charge >= 0.3 is 5.97 Å². The standard InChI is InChI=1S/C14H21N3O3/c1-3-17(4-2)13(18)7-8-16-12-9-10(15)5-6-11(12)14(19)20/h5-6,9,16H,3-4,7-8,15H2,1-2H3,(H,19,20). The summed E-state index contributed by atoms with van der Waals surface area (Å²) in [6.45, 7) is 5.57. The lowest BCUT2D eigenvalue weighted by Crippen LogP contribution is -2.31. The fourth-order valence-electron chi connectivity index (χ4n) is 1.93.